The van der Waals surface area contributed by atoms with E-state index >= 15 is 0 Å². The molecular weight excluding hydrogens is 498 g/mol. The molecule has 4 rings (SSSR count). The summed E-state index contributed by atoms with van der Waals surface area (Å²) in [6, 6.07) is 15.7. The molecule has 3 N–H and O–H groups in total. The third kappa shape index (κ3) is 6.48. The number of rotatable bonds is 9. The Kier molecular flexibility index (Phi) is 8.63. The zero-order valence-corrected chi connectivity index (χ0v) is 23.3. The Morgan fingerprint density at radius 2 is 1.76 bits per heavy atom. The SMILES string of the molecule is Cc1ccccc1CNC(=O)[C@@H]1C(C)SCN1C(=O)[C@@H](O)[C@H](Cc1ccccc1)NC(=O)C1=CC(C)(C)C1. The number of benzene rings is 2. The van der Waals surface area contributed by atoms with Crippen molar-refractivity contribution >= 4 is 29.5 Å². The fraction of sp³-hybridized carbons (Fsp3) is 0.433. The number of nitrogens with one attached hydrogen (secondary N) is 2. The van der Waals surface area contributed by atoms with E-state index in [2.05, 4.69) is 24.5 Å². The number of thioether (sulfide) groups is 1. The molecule has 2 aliphatic rings. The van der Waals surface area contributed by atoms with Gasteiger partial charge >= 0.3 is 0 Å². The minimum atomic E-state index is -1.49. The van der Waals surface area contributed by atoms with Gasteiger partial charge in [-0.3, -0.25) is 14.4 Å². The number of allylic oxidation sites excluding steroid dienone is 1. The molecule has 1 aliphatic heterocycles. The van der Waals surface area contributed by atoms with E-state index in [1.807, 2.05) is 74.5 Å². The lowest BCUT2D eigenvalue weighted by atomic mass is 9.74. The maximum atomic E-state index is 13.6. The van der Waals surface area contributed by atoms with Crippen molar-refractivity contribution in [2.45, 2.75) is 70.5 Å². The summed E-state index contributed by atoms with van der Waals surface area (Å²) in [6.07, 6.45) is 1.36. The normalized spacial score (nSPS) is 21.6. The van der Waals surface area contributed by atoms with Crippen molar-refractivity contribution in [1.82, 2.24) is 15.5 Å². The third-order valence-electron chi connectivity index (χ3n) is 7.27. The Morgan fingerprint density at radius 1 is 1.11 bits per heavy atom. The van der Waals surface area contributed by atoms with Gasteiger partial charge in [0.25, 0.3) is 5.91 Å². The number of carbonyl (C=O) groups excluding carboxylic acids is 3. The molecule has 3 amide bonds. The van der Waals surface area contributed by atoms with Gasteiger partial charge in [0.2, 0.25) is 11.8 Å². The Labute approximate surface area is 229 Å². The minimum absolute atomic E-state index is 0.0299. The van der Waals surface area contributed by atoms with Gasteiger partial charge < -0.3 is 20.6 Å². The predicted molar refractivity (Wildman–Crippen MR) is 150 cm³/mol. The van der Waals surface area contributed by atoms with E-state index in [1.54, 1.807) is 0 Å². The molecule has 0 radical (unpaired) electrons. The largest absolute Gasteiger partial charge is 0.381 e. The number of amides is 3. The van der Waals surface area contributed by atoms with Crippen LogP contribution in [0, 0.1) is 12.3 Å². The number of nitrogens with zero attached hydrogens (tertiary/aromatic N) is 1. The van der Waals surface area contributed by atoms with Crippen molar-refractivity contribution in [2.24, 2.45) is 5.41 Å². The summed E-state index contributed by atoms with van der Waals surface area (Å²) in [6.45, 7) is 8.38. The Hall–Kier alpha value is -3.10. The lowest BCUT2D eigenvalue weighted by Gasteiger charge is -2.34. The van der Waals surface area contributed by atoms with Crippen LogP contribution in [0.1, 0.15) is 43.9 Å². The third-order valence-corrected chi connectivity index (χ3v) is 8.49. The van der Waals surface area contributed by atoms with Crippen molar-refractivity contribution in [3.63, 3.8) is 0 Å². The van der Waals surface area contributed by atoms with Crippen LogP contribution in [0.25, 0.3) is 0 Å². The maximum Gasteiger partial charge on any atom is 0.254 e. The summed E-state index contributed by atoms with van der Waals surface area (Å²) >= 11 is 1.50. The Morgan fingerprint density at radius 3 is 2.42 bits per heavy atom. The minimum Gasteiger partial charge on any atom is -0.381 e. The smallest absolute Gasteiger partial charge is 0.254 e. The number of aliphatic hydroxyl groups excluding tert-OH is 1. The van der Waals surface area contributed by atoms with Gasteiger partial charge in [-0.25, -0.2) is 0 Å². The number of aryl methyl sites for hydroxylation is 1. The number of aliphatic hydroxyl groups is 1. The molecule has 0 bridgehead atoms. The number of hydrogen-bond donors (Lipinski definition) is 3. The zero-order chi connectivity index (χ0) is 27.4. The molecule has 8 heteroatoms. The molecule has 0 saturated carbocycles. The van der Waals surface area contributed by atoms with E-state index in [4.69, 9.17) is 0 Å². The van der Waals surface area contributed by atoms with Crippen LogP contribution in [0.4, 0.5) is 0 Å². The molecule has 38 heavy (non-hydrogen) atoms. The summed E-state index contributed by atoms with van der Waals surface area (Å²) in [5.74, 6) is -0.780. The molecule has 1 fully saturated rings. The van der Waals surface area contributed by atoms with Crippen LogP contribution in [-0.4, -0.2) is 57.0 Å². The molecule has 1 unspecified atom stereocenters. The second kappa shape index (κ2) is 11.7. The van der Waals surface area contributed by atoms with Crippen molar-refractivity contribution in [2.75, 3.05) is 5.88 Å². The summed E-state index contributed by atoms with van der Waals surface area (Å²) in [5, 5.41) is 17.0. The molecule has 1 heterocycles. The lowest BCUT2D eigenvalue weighted by Crippen LogP contribution is -2.57. The Bertz CT molecular complexity index is 1210. The van der Waals surface area contributed by atoms with Crippen LogP contribution in [0.15, 0.2) is 66.2 Å². The van der Waals surface area contributed by atoms with Gasteiger partial charge in [0.05, 0.1) is 11.9 Å². The predicted octanol–water partition coefficient (Wildman–Crippen LogP) is 3.35. The maximum absolute atomic E-state index is 13.6. The molecule has 4 atom stereocenters. The first-order chi connectivity index (χ1) is 18.1. The summed E-state index contributed by atoms with van der Waals surface area (Å²) in [7, 11) is 0. The van der Waals surface area contributed by atoms with Crippen LogP contribution in [0.3, 0.4) is 0 Å². The van der Waals surface area contributed by atoms with Crippen LogP contribution < -0.4 is 10.6 Å². The first-order valence-corrected chi connectivity index (χ1v) is 14.1. The average molecular weight is 536 g/mol. The van der Waals surface area contributed by atoms with E-state index in [0.717, 1.165) is 16.7 Å². The van der Waals surface area contributed by atoms with Crippen LogP contribution >= 0.6 is 11.8 Å². The summed E-state index contributed by atoms with van der Waals surface area (Å²) in [4.78, 5) is 41.3. The molecule has 1 aliphatic carbocycles. The molecule has 2 aromatic carbocycles. The summed E-state index contributed by atoms with van der Waals surface area (Å²) < 4.78 is 0. The van der Waals surface area contributed by atoms with E-state index in [0.29, 0.717) is 24.4 Å². The highest BCUT2D eigenvalue weighted by Crippen LogP contribution is 2.38. The first kappa shape index (κ1) is 27.9. The van der Waals surface area contributed by atoms with Crippen LogP contribution in [-0.2, 0) is 27.3 Å². The fourth-order valence-electron chi connectivity index (χ4n) is 5.07. The fourth-order valence-corrected chi connectivity index (χ4v) is 6.20. The van der Waals surface area contributed by atoms with Crippen LogP contribution in [0.2, 0.25) is 0 Å². The molecule has 202 valence electrons. The van der Waals surface area contributed by atoms with E-state index in [-0.39, 0.29) is 28.9 Å². The van der Waals surface area contributed by atoms with Gasteiger partial charge in [-0.15, -0.1) is 11.8 Å². The second-order valence-corrected chi connectivity index (χ2v) is 12.3. The molecule has 1 saturated heterocycles. The lowest BCUT2D eigenvalue weighted by molar-refractivity contribution is -0.147. The molecule has 0 aromatic heterocycles. The first-order valence-electron chi connectivity index (χ1n) is 13.0. The van der Waals surface area contributed by atoms with Gasteiger partial charge in [0.15, 0.2) is 6.10 Å². The highest BCUT2D eigenvalue weighted by molar-refractivity contribution is 8.00. The number of carbonyl (C=O) groups is 3. The van der Waals surface area contributed by atoms with Gasteiger partial charge in [0.1, 0.15) is 6.04 Å². The van der Waals surface area contributed by atoms with E-state index < -0.39 is 24.1 Å². The number of hydrogen-bond acceptors (Lipinski definition) is 5. The standard InChI is InChI=1S/C30H37N3O4S/c1-19-10-8-9-13-22(19)17-31-28(36)25-20(2)38-18-33(25)29(37)26(34)24(14-21-11-6-5-7-12-21)32-27(35)23-15-30(3,4)16-23/h5-13,15,20,24-26,34H,14,16-18H2,1-4H3,(H,31,36)(H,32,35)/t20?,24-,25-,26-/m0/s1. The molecule has 0 spiro atoms. The zero-order valence-electron chi connectivity index (χ0n) is 22.4. The topological polar surface area (TPSA) is 98.7 Å². The van der Waals surface area contributed by atoms with E-state index in [9.17, 15) is 19.5 Å². The summed E-state index contributed by atoms with van der Waals surface area (Å²) in [5.41, 5.74) is 3.61. The van der Waals surface area contributed by atoms with Gasteiger partial charge in [-0.2, -0.15) is 0 Å². The monoisotopic (exact) mass is 535 g/mol. The van der Waals surface area contributed by atoms with Gasteiger partial charge in [0, 0.05) is 17.4 Å². The van der Waals surface area contributed by atoms with Crippen molar-refractivity contribution in [1.29, 1.82) is 0 Å². The van der Waals surface area contributed by atoms with E-state index in [1.165, 1.54) is 16.7 Å². The van der Waals surface area contributed by atoms with Crippen LogP contribution in [0.5, 0.6) is 0 Å². The Balaban J connectivity index is 1.48. The van der Waals surface area contributed by atoms with Crippen molar-refractivity contribution < 1.29 is 19.5 Å². The van der Waals surface area contributed by atoms with Crippen molar-refractivity contribution in [3.8, 4) is 0 Å². The molecular formula is C30H37N3O4S. The molecule has 7 nitrogen and oxygen atoms in total. The molecule has 2 aromatic rings. The van der Waals surface area contributed by atoms with Gasteiger partial charge in [-0.1, -0.05) is 81.4 Å². The van der Waals surface area contributed by atoms with Crippen molar-refractivity contribution in [3.05, 3.63) is 82.9 Å². The quantitative estimate of drug-likeness (QED) is 0.458. The highest BCUT2D eigenvalue weighted by atomic mass is 32.2. The van der Waals surface area contributed by atoms with Gasteiger partial charge in [-0.05, 0) is 41.9 Å². The average Bonchev–Trinajstić information content (AvgIpc) is 3.27. The highest BCUT2D eigenvalue weighted by Gasteiger charge is 2.44. The second-order valence-electron chi connectivity index (χ2n) is 10.9.